The molecule has 8 heteroatoms. The number of aromatic nitrogens is 3. The van der Waals surface area contributed by atoms with E-state index in [2.05, 4.69) is 15.6 Å². The SMILES string of the molecule is CCn1nnc2cc(C(=O)O[C@H](C)C(=O)NCc3ccccc3Cl)ccc21. The Kier molecular flexibility index (Phi) is 5.71. The largest absolute Gasteiger partial charge is 0.449 e. The van der Waals surface area contributed by atoms with Crippen molar-refractivity contribution in [2.24, 2.45) is 0 Å². The molecule has 2 aromatic carbocycles. The van der Waals surface area contributed by atoms with E-state index in [1.807, 2.05) is 25.1 Å². The summed E-state index contributed by atoms with van der Waals surface area (Å²) in [4.78, 5) is 24.5. The summed E-state index contributed by atoms with van der Waals surface area (Å²) in [5.41, 5.74) is 2.54. The topological polar surface area (TPSA) is 86.1 Å². The predicted molar refractivity (Wildman–Crippen MR) is 101 cm³/mol. The number of carbonyl (C=O) groups is 2. The second kappa shape index (κ2) is 8.18. The maximum absolute atomic E-state index is 12.3. The number of aryl methyl sites for hydroxylation is 1. The highest BCUT2D eigenvalue weighted by Gasteiger charge is 2.19. The molecule has 3 aromatic rings. The first kappa shape index (κ1) is 18.8. The third-order valence-electron chi connectivity index (χ3n) is 4.11. The number of benzene rings is 2. The Bertz CT molecular complexity index is 986. The summed E-state index contributed by atoms with van der Waals surface area (Å²) in [5, 5.41) is 11.3. The van der Waals surface area contributed by atoms with E-state index in [9.17, 15) is 9.59 Å². The summed E-state index contributed by atoms with van der Waals surface area (Å²) in [5.74, 6) is -0.996. The standard InChI is InChI=1S/C19H19ClN4O3/c1-3-24-17-9-8-13(10-16(17)22-23-24)19(26)27-12(2)18(25)21-11-14-6-4-5-7-15(14)20/h4-10,12H,3,11H2,1-2H3,(H,21,25)/t12-/m1/s1. The van der Waals surface area contributed by atoms with Crippen molar-refractivity contribution in [1.29, 1.82) is 0 Å². The van der Waals surface area contributed by atoms with Gasteiger partial charge < -0.3 is 10.1 Å². The quantitative estimate of drug-likeness (QED) is 0.658. The van der Waals surface area contributed by atoms with Gasteiger partial charge in [0.15, 0.2) is 6.10 Å². The Labute approximate surface area is 161 Å². The van der Waals surface area contributed by atoms with Crippen LogP contribution in [0.1, 0.15) is 29.8 Å². The van der Waals surface area contributed by atoms with Gasteiger partial charge in [0.05, 0.1) is 11.1 Å². The summed E-state index contributed by atoms with van der Waals surface area (Å²) in [6.45, 7) is 4.42. The monoisotopic (exact) mass is 386 g/mol. The molecule has 0 aliphatic carbocycles. The molecule has 7 nitrogen and oxygen atoms in total. The number of hydrogen-bond donors (Lipinski definition) is 1. The van der Waals surface area contributed by atoms with Crippen LogP contribution in [0.2, 0.25) is 5.02 Å². The molecule has 0 saturated carbocycles. The lowest BCUT2D eigenvalue weighted by molar-refractivity contribution is -0.129. The Morgan fingerprint density at radius 3 is 2.78 bits per heavy atom. The zero-order valence-corrected chi connectivity index (χ0v) is 15.7. The number of rotatable bonds is 6. The Morgan fingerprint density at radius 2 is 2.04 bits per heavy atom. The molecule has 1 aromatic heterocycles. The second-order valence-corrected chi connectivity index (χ2v) is 6.37. The Balaban J connectivity index is 1.61. The Hall–Kier alpha value is -2.93. The van der Waals surface area contributed by atoms with Crippen LogP contribution in [0.4, 0.5) is 0 Å². The van der Waals surface area contributed by atoms with Crippen LogP contribution in [0.15, 0.2) is 42.5 Å². The van der Waals surface area contributed by atoms with Crippen molar-refractivity contribution >= 4 is 34.5 Å². The van der Waals surface area contributed by atoms with Crippen LogP contribution in [-0.2, 0) is 22.6 Å². The van der Waals surface area contributed by atoms with Gasteiger partial charge in [0, 0.05) is 18.1 Å². The molecule has 0 aliphatic rings. The van der Waals surface area contributed by atoms with Gasteiger partial charge >= 0.3 is 5.97 Å². The van der Waals surface area contributed by atoms with Crippen molar-refractivity contribution < 1.29 is 14.3 Å². The number of amides is 1. The molecule has 3 rings (SSSR count). The zero-order chi connectivity index (χ0) is 19.4. The lowest BCUT2D eigenvalue weighted by Gasteiger charge is -2.14. The second-order valence-electron chi connectivity index (χ2n) is 5.97. The van der Waals surface area contributed by atoms with Crippen molar-refractivity contribution in [2.75, 3.05) is 0 Å². The van der Waals surface area contributed by atoms with Crippen LogP contribution in [-0.4, -0.2) is 33.0 Å². The maximum Gasteiger partial charge on any atom is 0.338 e. The number of nitrogens with zero attached hydrogens (tertiary/aromatic N) is 3. The molecule has 1 heterocycles. The lowest BCUT2D eigenvalue weighted by Crippen LogP contribution is -2.35. The molecule has 1 amide bonds. The van der Waals surface area contributed by atoms with Crippen LogP contribution in [0.25, 0.3) is 11.0 Å². The minimum absolute atomic E-state index is 0.256. The van der Waals surface area contributed by atoms with Crippen LogP contribution in [0, 0.1) is 0 Å². The van der Waals surface area contributed by atoms with Crippen molar-refractivity contribution in [2.45, 2.75) is 33.0 Å². The number of halogens is 1. The van der Waals surface area contributed by atoms with E-state index in [0.29, 0.717) is 22.6 Å². The molecule has 27 heavy (non-hydrogen) atoms. The van der Waals surface area contributed by atoms with E-state index in [4.69, 9.17) is 16.3 Å². The number of ether oxygens (including phenoxy) is 1. The van der Waals surface area contributed by atoms with E-state index < -0.39 is 18.0 Å². The highest BCUT2D eigenvalue weighted by molar-refractivity contribution is 6.31. The number of hydrogen-bond acceptors (Lipinski definition) is 5. The van der Waals surface area contributed by atoms with E-state index in [0.717, 1.165) is 11.1 Å². The first-order valence-corrected chi connectivity index (χ1v) is 8.92. The summed E-state index contributed by atoms with van der Waals surface area (Å²) in [6.07, 6.45) is -0.943. The van der Waals surface area contributed by atoms with Crippen LogP contribution < -0.4 is 5.32 Å². The summed E-state index contributed by atoms with van der Waals surface area (Å²) in [6, 6.07) is 12.2. The summed E-state index contributed by atoms with van der Waals surface area (Å²) < 4.78 is 6.99. The zero-order valence-electron chi connectivity index (χ0n) is 15.0. The third kappa shape index (κ3) is 4.25. The van der Waals surface area contributed by atoms with Gasteiger partial charge in [-0.15, -0.1) is 5.10 Å². The normalized spacial score (nSPS) is 12.0. The van der Waals surface area contributed by atoms with Gasteiger partial charge in [-0.3, -0.25) is 4.79 Å². The molecular weight excluding hydrogens is 368 g/mol. The molecule has 140 valence electrons. The van der Waals surface area contributed by atoms with Crippen LogP contribution in [0.5, 0.6) is 0 Å². The lowest BCUT2D eigenvalue weighted by atomic mass is 10.2. The molecule has 1 N–H and O–H groups in total. The van der Waals surface area contributed by atoms with Gasteiger partial charge in [-0.05, 0) is 43.7 Å². The number of esters is 1. The highest BCUT2D eigenvalue weighted by atomic mass is 35.5. The Morgan fingerprint density at radius 1 is 1.26 bits per heavy atom. The van der Waals surface area contributed by atoms with Gasteiger partial charge in [0.1, 0.15) is 5.52 Å². The molecule has 0 fully saturated rings. The predicted octanol–water partition coefficient (Wildman–Crippen LogP) is 2.97. The molecule has 1 atom stereocenters. The van der Waals surface area contributed by atoms with Crippen molar-refractivity contribution in [1.82, 2.24) is 20.3 Å². The molecule has 0 unspecified atom stereocenters. The molecule has 0 saturated heterocycles. The van der Waals surface area contributed by atoms with Crippen molar-refractivity contribution in [3.05, 3.63) is 58.6 Å². The first-order chi connectivity index (χ1) is 13.0. The fourth-order valence-electron chi connectivity index (χ4n) is 2.58. The van der Waals surface area contributed by atoms with Crippen molar-refractivity contribution in [3.8, 4) is 0 Å². The van der Waals surface area contributed by atoms with E-state index in [1.165, 1.54) is 6.92 Å². The van der Waals surface area contributed by atoms with Gasteiger partial charge in [-0.1, -0.05) is 35.0 Å². The van der Waals surface area contributed by atoms with Crippen LogP contribution >= 0.6 is 11.6 Å². The smallest absolute Gasteiger partial charge is 0.338 e. The highest BCUT2D eigenvalue weighted by Crippen LogP contribution is 2.16. The fraction of sp³-hybridized carbons (Fsp3) is 0.263. The van der Waals surface area contributed by atoms with E-state index in [-0.39, 0.29) is 6.54 Å². The van der Waals surface area contributed by atoms with Gasteiger partial charge in [0.2, 0.25) is 0 Å². The molecule has 0 aliphatic heterocycles. The van der Waals surface area contributed by atoms with Crippen molar-refractivity contribution in [3.63, 3.8) is 0 Å². The minimum Gasteiger partial charge on any atom is -0.449 e. The van der Waals surface area contributed by atoms with E-state index in [1.54, 1.807) is 28.9 Å². The molecule has 0 bridgehead atoms. The number of carbonyl (C=O) groups excluding carboxylic acids is 2. The summed E-state index contributed by atoms with van der Waals surface area (Å²) >= 11 is 6.06. The minimum atomic E-state index is -0.943. The van der Waals surface area contributed by atoms with E-state index >= 15 is 0 Å². The number of nitrogens with one attached hydrogen (secondary N) is 1. The van der Waals surface area contributed by atoms with Gasteiger partial charge in [-0.25, -0.2) is 9.48 Å². The van der Waals surface area contributed by atoms with Gasteiger partial charge in [0.25, 0.3) is 5.91 Å². The average molecular weight is 387 g/mol. The molecule has 0 spiro atoms. The maximum atomic E-state index is 12.3. The molecular formula is C19H19ClN4O3. The summed E-state index contributed by atoms with van der Waals surface area (Å²) in [7, 11) is 0. The number of fused-ring (bicyclic) bond motifs is 1. The fourth-order valence-corrected chi connectivity index (χ4v) is 2.79. The van der Waals surface area contributed by atoms with Crippen LogP contribution in [0.3, 0.4) is 0 Å². The molecule has 0 radical (unpaired) electrons. The van der Waals surface area contributed by atoms with Gasteiger partial charge in [-0.2, -0.15) is 0 Å². The average Bonchev–Trinajstić information content (AvgIpc) is 3.09. The third-order valence-corrected chi connectivity index (χ3v) is 4.48. The first-order valence-electron chi connectivity index (χ1n) is 8.55.